The van der Waals surface area contributed by atoms with Crippen LogP contribution in [0.15, 0.2) is 36.5 Å². The van der Waals surface area contributed by atoms with Crippen molar-refractivity contribution in [1.29, 1.82) is 0 Å². The van der Waals surface area contributed by atoms with E-state index in [0.717, 1.165) is 32.5 Å². The number of fused-ring (bicyclic) bond motifs is 1. The van der Waals surface area contributed by atoms with Crippen molar-refractivity contribution in [3.63, 3.8) is 0 Å². The summed E-state index contributed by atoms with van der Waals surface area (Å²) in [6, 6.07) is 11.6. The van der Waals surface area contributed by atoms with Crippen LogP contribution < -0.4 is 5.32 Å². The summed E-state index contributed by atoms with van der Waals surface area (Å²) in [5.74, 6) is 0.546. The zero-order chi connectivity index (χ0) is 16.4. The van der Waals surface area contributed by atoms with Crippen molar-refractivity contribution < 1.29 is 4.74 Å². The Morgan fingerprint density at radius 1 is 1.21 bits per heavy atom. The highest BCUT2D eigenvalue weighted by molar-refractivity contribution is 5.30. The monoisotopic (exact) mass is 325 g/mol. The fourth-order valence-corrected chi connectivity index (χ4v) is 4.21. The van der Waals surface area contributed by atoms with E-state index in [2.05, 4.69) is 52.4 Å². The molecule has 0 saturated carbocycles. The summed E-state index contributed by atoms with van der Waals surface area (Å²) in [7, 11) is 0. The smallest absolute Gasteiger partial charge is 0.103 e. The van der Waals surface area contributed by atoms with Crippen LogP contribution in [0.3, 0.4) is 0 Å². The van der Waals surface area contributed by atoms with Crippen LogP contribution in [-0.2, 0) is 24.1 Å². The van der Waals surface area contributed by atoms with Gasteiger partial charge >= 0.3 is 0 Å². The van der Waals surface area contributed by atoms with Crippen molar-refractivity contribution in [2.75, 3.05) is 13.2 Å². The Labute approximate surface area is 144 Å². The molecule has 1 unspecified atom stereocenters. The van der Waals surface area contributed by atoms with Gasteiger partial charge in [-0.05, 0) is 49.8 Å². The van der Waals surface area contributed by atoms with Crippen molar-refractivity contribution in [2.24, 2.45) is 5.92 Å². The minimum Gasteiger partial charge on any atom is -0.372 e. The maximum atomic E-state index is 6.05. The van der Waals surface area contributed by atoms with E-state index in [1.165, 1.54) is 29.7 Å². The number of aromatic nitrogens is 2. The van der Waals surface area contributed by atoms with Crippen LogP contribution in [0.25, 0.3) is 0 Å². The number of rotatable bonds is 5. The molecule has 0 amide bonds. The van der Waals surface area contributed by atoms with Crippen LogP contribution in [0.1, 0.15) is 42.7 Å². The fourth-order valence-electron chi connectivity index (χ4n) is 4.21. The van der Waals surface area contributed by atoms with E-state index < -0.39 is 0 Å². The normalized spacial score (nSPS) is 26.5. The summed E-state index contributed by atoms with van der Waals surface area (Å²) < 4.78 is 8.12. The third kappa shape index (κ3) is 3.13. The van der Waals surface area contributed by atoms with E-state index in [-0.39, 0.29) is 6.10 Å². The molecule has 0 radical (unpaired) electrons. The lowest BCUT2D eigenvalue weighted by Gasteiger charge is -2.28. The molecule has 1 fully saturated rings. The van der Waals surface area contributed by atoms with Crippen molar-refractivity contribution >= 4 is 0 Å². The first-order chi connectivity index (χ1) is 11.8. The third-order valence-corrected chi connectivity index (χ3v) is 5.57. The van der Waals surface area contributed by atoms with Crippen LogP contribution in [-0.4, -0.2) is 29.0 Å². The van der Waals surface area contributed by atoms with Crippen molar-refractivity contribution in [3.05, 3.63) is 53.3 Å². The Morgan fingerprint density at radius 3 is 2.96 bits per heavy atom. The van der Waals surface area contributed by atoms with Crippen LogP contribution >= 0.6 is 0 Å². The molecular formula is C20H27N3O. The van der Waals surface area contributed by atoms with Gasteiger partial charge in [0.15, 0.2) is 0 Å². The highest BCUT2D eigenvalue weighted by Crippen LogP contribution is 2.34. The minimum atomic E-state index is 0.191. The molecule has 1 aliphatic heterocycles. The maximum absolute atomic E-state index is 6.05. The maximum Gasteiger partial charge on any atom is 0.103 e. The summed E-state index contributed by atoms with van der Waals surface area (Å²) in [5, 5.41) is 8.23. The van der Waals surface area contributed by atoms with Gasteiger partial charge in [-0.2, -0.15) is 5.10 Å². The molecular weight excluding hydrogens is 298 g/mol. The fraction of sp³-hybridized carbons (Fsp3) is 0.550. The molecule has 1 aromatic carbocycles. The molecule has 0 bridgehead atoms. The van der Waals surface area contributed by atoms with Crippen molar-refractivity contribution in [1.82, 2.24) is 15.1 Å². The molecule has 1 aliphatic carbocycles. The Balaban J connectivity index is 1.37. The highest BCUT2D eigenvalue weighted by atomic mass is 16.5. The van der Waals surface area contributed by atoms with Gasteiger partial charge < -0.3 is 10.1 Å². The van der Waals surface area contributed by atoms with E-state index >= 15 is 0 Å². The molecule has 1 saturated heterocycles. The largest absolute Gasteiger partial charge is 0.372 e. The number of ether oxygens (including phenoxy) is 1. The summed E-state index contributed by atoms with van der Waals surface area (Å²) >= 11 is 0. The Morgan fingerprint density at radius 2 is 2.08 bits per heavy atom. The van der Waals surface area contributed by atoms with Gasteiger partial charge in [-0.25, -0.2) is 0 Å². The lowest BCUT2D eigenvalue weighted by atomic mass is 9.88. The van der Waals surface area contributed by atoms with Gasteiger partial charge in [0, 0.05) is 37.9 Å². The third-order valence-electron chi connectivity index (χ3n) is 5.57. The van der Waals surface area contributed by atoms with Crippen LogP contribution in [0, 0.1) is 5.92 Å². The van der Waals surface area contributed by atoms with Crippen LogP contribution in [0.4, 0.5) is 0 Å². The standard InChI is InChI=1S/C20H27N3O/c1-2-23-19(9-11-22-23)20-17(10-12-24-20)14-21-18-8-7-15-5-3-4-6-16(15)13-18/h3-6,9,11,17-18,20-21H,2,7-8,10,12-14H2,1H3/t17-,18?,20+/m0/s1. The molecule has 2 heterocycles. The van der Waals surface area contributed by atoms with Crippen molar-refractivity contribution in [3.8, 4) is 0 Å². The van der Waals surface area contributed by atoms with E-state index in [1.54, 1.807) is 0 Å². The molecule has 4 rings (SSSR count). The predicted octanol–water partition coefficient (Wildman–Crippen LogP) is 3.13. The predicted molar refractivity (Wildman–Crippen MR) is 95.0 cm³/mol. The number of benzene rings is 1. The second kappa shape index (κ2) is 7.08. The molecule has 4 nitrogen and oxygen atoms in total. The molecule has 2 aliphatic rings. The average Bonchev–Trinajstić information content (AvgIpc) is 3.28. The van der Waals surface area contributed by atoms with Crippen LogP contribution in [0.5, 0.6) is 0 Å². The second-order valence-corrected chi connectivity index (χ2v) is 7.03. The first-order valence-electron chi connectivity index (χ1n) is 9.28. The molecule has 1 N–H and O–H groups in total. The lowest BCUT2D eigenvalue weighted by Crippen LogP contribution is -2.38. The number of aryl methyl sites for hydroxylation is 2. The van der Waals surface area contributed by atoms with Gasteiger partial charge in [-0.15, -0.1) is 0 Å². The minimum absolute atomic E-state index is 0.191. The molecule has 128 valence electrons. The molecule has 3 atom stereocenters. The molecule has 24 heavy (non-hydrogen) atoms. The van der Waals surface area contributed by atoms with Gasteiger partial charge in [0.05, 0.1) is 5.69 Å². The summed E-state index contributed by atoms with van der Waals surface area (Å²) in [4.78, 5) is 0. The number of nitrogens with zero attached hydrogens (tertiary/aromatic N) is 2. The van der Waals surface area contributed by atoms with Crippen molar-refractivity contribution in [2.45, 2.75) is 51.3 Å². The van der Waals surface area contributed by atoms with E-state index in [9.17, 15) is 0 Å². The van der Waals surface area contributed by atoms with E-state index in [0.29, 0.717) is 12.0 Å². The first kappa shape index (κ1) is 15.9. The topological polar surface area (TPSA) is 39.1 Å². The second-order valence-electron chi connectivity index (χ2n) is 7.03. The summed E-state index contributed by atoms with van der Waals surface area (Å²) in [6.45, 7) is 4.94. The number of nitrogens with one attached hydrogen (secondary N) is 1. The quantitative estimate of drug-likeness (QED) is 0.918. The number of hydrogen-bond acceptors (Lipinski definition) is 3. The van der Waals surface area contributed by atoms with E-state index in [1.807, 2.05) is 6.20 Å². The van der Waals surface area contributed by atoms with Gasteiger partial charge in [0.2, 0.25) is 0 Å². The zero-order valence-corrected chi connectivity index (χ0v) is 14.4. The van der Waals surface area contributed by atoms with Gasteiger partial charge in [0.25, 0.3) is 0 Å². The SMILES string of the molecule is CCn1nccc1[C@@H]1OCC[C@H]1CNC1CCc2ccccc2C1. The number of hydrogen-bond donors (Lipinski definition) is 1. The molecule has 1 aromatic heterocycles. The highest BCUT2D eigenvalue weighted by Gasteiger charge is 2.32. The average molecular weight is 325 g/mol. The van der Waals surface area contributed by atoms with Gasteiger partial charge in [0.1, 0.15) is 6.10 Å². The Hall–Kier alpha value is -1.65. The Bertz CT molecular complexity index is 681. The first-order valence-corrected chi connectivity index (χ1v) is 9.28. The van der Waals surface area contributed by atoms with Crippen LogP contribution in [0.2, 0.25) is 0 Å². The molecule has 0 spiro atoms. The van der Waals surface area contributed by atoms with Gasteiger partial charge in [-0.3, -0.25) is 4.68 Å². The Kier molecular flexibility index (Phi) is 4.67. The molecule has 4 heteroatoms. The van der Waals surface area contributed by atoms with Gasteiger partial charge in [-0.1, -0.05) is 24.3 Å². The lowest BCUT2D eigenvalue weighted by molar-refractivity contribution is 0.0822. The van der Waals surface area contributed by atoms with E-state index in [4.69, 9.17) is 4.74 Å². The summed E-state index contributed by atoms with van der Waals surface area (Å²) in [6.07, 6.45) is 6.81. The zero-order valence-electron chi connectivity index (χ0n) is 14.4. The molecule has 2 aromatic rings. The summed E-state index contributed by atoms with van der Waals surface area (Å²) in [5.41, 5.74) is 4.28.